The molecule has 0 atom stereocenters. The minimum Gasteiger partial charge on any atom is -0.255 e. The smallest absolute Gasteiger partial charge is 0.0889 e. The molecule has 2 aromatic heterocycles. The number of nitrogens with zero attached hydrogens (tertiary/aromatic N) is 2. The van der Waals surface area contributed by atoms with E-state index in [9.17, 15) is 0 Å². The number of aromatic nitrogens is 2. The van der Waals surface area contributed by atoms with E-state index >= 15 is 0 Å². The van der Waals surface area contributed by atoms with Crippen LogP contribution in [-0.2, 0) is 6.42 Å². The van der Waals surface area contributed by atoms with E-state index in [1.54, 1.807) is 0 Å². The van der Waals surface area contributed by atoms with Crippen molar-refractivity contribution in [2.75, 3.05) is 0 Å². The first-order chi connectivity index (χ1) is 7.04. The normalized spacial score (nSPS) is 11.9. The molecule has 0 saturated heterocycles. The van der Waals surface area contributed by atoms with Gasteiger partial charge in [0.15, 0.2) is 0 Å². The van der Waals surface area contributed by atoms with Gasteiger partial charge in [-0.3, -0.25) is 9.97 Å². The van der Waals surface area contributed by atoms with Gasteiger partial charge in [0.25, 0.3) is 0 Å². The predicted octanol–water partition coefficient (Wildman–Crippen LogP) is 3.22. The molecule has 2 heteroatoms. The highest BCUT2D eigenvalue weighted by atomic mass is 14.7. The number of rotatable bonds is 1. The Morgan fingerprint density at radius 3 is 2.67 bits per heavy atom. The van der Waals surface area contributed by atoms with E-state index in [0.29, 0.717) is 5.41 Å². The van der Waals surface area contributed by atoms with Crippen molar-refractivity contribution in [1.29, 1.82) is 0 Å². The average molecular weight is 200 g/mol. The average Bonchev–Trinajstić information content (AvgIpc) is 2.15. The lowest BCUT2D eigenvalue weighted by molar-refractivity contribution is 0.411. The summed E-state index contributed by atoms with van der Waals surface area (Å²) in [4.78, 5) is 8.71. The molecule has 2 rings (SSSR count). The molecular formula is C13H16N2. The number of hydrogen-bond acceptors (Lipinski definition) is 2. The lowest BCUT2D eigenvalue weighted by Crippen LogP contribution is -2.09. The molecule has 2 aromatic rings. The van der Waals surface area contributed by atoms with Crippen LogP contribution in [0.25, 0.3) is 11.0 Å². The third-order valence-corrected chi connectivity index (χ3v) is 2.24. The standard InChI is InChI=1S/C13H16N2/c1-13(2,3)8-10-7-12-11(15-9-10)5-4-6-14-12/h4-7,9H,8H2,1-3H3. The van der Waals surface area contributed by atoms with Crippen LogP contribution in [0.15, 0.2) is 30.6 Å². The largest absolute Gasteiger partial charge is 0.255 e. The van der Waals surface area contributed by atoms with Gasteiger partial charge < -0.3 is 0 Å². The monoisotopic (exact) mass is 200 g/mol. The molecule has 78 valence electrons. The van der Waals surface area contributed by atoms with Gasteiger partial charge in [-0.05, 0) is 35.6 Å². The van der Waals surface area contributed by atoms with Crippen LogP contribution in [0, 0.1) is 5.41 Å². The van der Waals surface area contributed by atoms with Gasteiger partial charge in [0.2, 0.25) is 0 Å². The summed E-state index contributed by atoms with van der Waals surface area (Å²) in [6, 6.07) is 6.04. The molecule has 2 nitrogen and oxygen atoms in total. The van der Waals surface area contributed by atoms with Crippen LogP contribution in [0.5, 0.6) is 0 Å². The molecule has 0 aliphatic rings. The van der Waals surface area contributed by atoms with Crippen LogP contribution in [0.4, 0.5) is 0 Å². The lowest BCUT2D eigenvalue weighted by atomic mass is 9.89. The molecular weight excluding hydrogens is 184 g/mol. The Kier molecular flexibility index (Phi) is 2.43. The Bertz CT molecular complexity index is 469. The third-order valence-electron chi connectivity index (χ3n) is 2.24. The third kappa shape index (κ3) is 2.52. The number of hydrogen-bond donors (Lipinski definition) is 0. The van der Waals surface area contributed by atoms with Gasteiger partial charge in [0.05, 0.1) is 11.0 Å². The van der Waals surface area contributed by atoms with Gasteiger partial charge in [-0.15, -0.1) is 0 Å². The lowest BCUT2D eigenvalue weighted by Gasteiger charge is -2.17. The fraction of sp³-hybridized carbons (Fsp3) is 0.385. The Balaban J connectivity index is 2.39. The maximum Gasteiger partial charge on any atom is 0.0889 e. The first-order valence-electron chi connectivity index (χ1n) is 5.24. The topological polar surface area (TPSA) is 25.8 Å². The van der Waals surface area contributed by atoms with Gasteiger partial charge >= 0.3 is 0 Å². The van der Waals surface area contributed by atoms with Crippen LogP contribution in [0.3, 0.4) is 0 Å². The first kappa shape index (κ1) is 10.1. The summed E-state index contributed by atoms with van der Waals surface area (Å²) >= 11 is 0. The second-order valence-corrected chi connectivity index (χ2v) is 5.12. The Labute approximate surface area is 90.4 Å². The van der Waals surface area contributed by atoms with Crippen LogP contribution in [0.1, 0.15) is 26.3 Å². The highest BCUT2D eigenvalue weighted by molar-refractivity contribution is 5.73. The van der Waals surface area contributed by atoms with Gasteiger partial charge in [-0.25, -0.2) is 0 Å². The molecule has 15 heavy (non-hydrogen) atoms. The highest BCUT2D eigenvalue weighted by Gasteiger charge is 2.11. The molecule has 0 N–H and O–H groups in total. The fourth-order valence-corrected chi connectivity index (χ4v) is 1.70. The molecule has 0 aliphatic carbocycles. The second-order valence-electron chi connectivity index (χ2n) is 5.12. The summed E-state index contributed by atoms with van der Waals surface area (Å²) in [5.74, 6) is 0. The molecule has 0 saturated carbocycles. The van der Waals surface area contributed by atoms with Crippen LogP contribution >= 0.6 is 0 Å². The van der Waals surface area contributed by atoms with Gasteiger partial charge in [-0.1, -0.05) is 20.8 Å². The van der Waals surface area contributed by atoms with E-state index < -0.39 is 0 Å². The van der Waals surface area contributed by atoms with Gasteiger partial charge in [0, 0.05) is 12.4 Å². The molecule has 0 amide bonds. The van der Waals surface area contributed by atoms with E-state index in [4.69, 9.17) is 0 Å². The summed E-state index contributed by atoms with van der Waals surface area (Å²) < 4.78 is 0. The maximum absolute atomic E-state index is 4.40. The van der Waals surface area contributed by atoms with Crippen molar-refractivity contribution in [3.8, 4) is 0 Å². The Morgan fingerprint density at radius 2 is 1.93 bits per heavy atom. The van der Waals surface area contributed by atoms with Crippen molar-refractivity contribution in [2.24, 2.45) is 5.41 Å². The summed E-state index contributed by atoms with van der Waals surface area (Å²) in [6.07, 6.45) is 4.80. The van der Waals surface area contributed by atoms with E-state index in [1.165, 1.54) is 5.56 Å². The van der Waals surface area contributed by atoms with E-state index in [-0.39, 0.29) is 0 Å². The Hall–Kier alpha value is -1.44. The van der Waals surface area contributed by atoms with Crippen molar-refractivity contribution in [1.82, 2.24) is 9.97 Å². The van der Waals surface area contributed by atoms with Gasteiger partial charge in [0.1, 0.15) is 0 Å². The van der Waals surface area contributed by atoms with Crippen molar-refractivity contribution in [2.45, 2.75) is 27.2 Å². The van der Waals surface area contributed by atoms with Crippen molar-refractivity contribution in [3.63, 3.8) is 0 Å². The molecule has 0 radical (unpaired) electrons. The predicted molar refractivity (Wildman–Crippen MR) is 62.7 cm³/mol. The molecule has 0 aliphatic heterocycles. The van der Waals surface area contributed by atoms with Gasteiger partial charge in [-0.2, -0.15) is 0 Å². The second kappa shape index (κ2) is 3.61. The van der Waals surface area contributed by atoms with E-state index in [0.717, 1.165) is 17.5 Å². The van der Waals surface area contributed by atoms with Crippen LogP contribution < -0.4 is 0 Å². The van der Waals surface area contributed by atoms with Crippen molar-refractivity contribution < 1.29 is 0 Å². The zero-order valence-electron chi connectivity index (χ0n) is 9.49. The summed E-state index contributed by atoms with van der Waals surface area (Å²) in [5, 5.41) is 0. The molecule has 0 aromatic carbocycles. The zero-order chi connectivity index (χ0) is 10.9. The van der Waals surface area contributed by atoms with E-state index in [2.05, 4.69) is 36.8 Å². The Morgan fingerprint density at radius 1 is 1.13 bits per heavy atom. The molecule has 0 bridgehead atoms. The summed E-state index contributed by atoms with van der Waals surface area (Å²) in [6.45, 7) is 6.70. The molecule has 0 spiro atoms. The molecule has 0 unspecified atom stereocenters. The van der Waals surface area contributed by atoms with Crippen LogP contribution in [-0.4, -0.2) is 9.97 Å². The van der Waals surface area contributed by atoms with Crippen molar-refractivity contribution in [3.05, 3.63) is 36.2 Å². The molecule has 0 fully saturated rings. The van der Waals surface area contributed by atoms with E-state index in [1.807, 2.05) is 24.5 Å². The summed E-state index contributed by atoms with van der Waals surface area (Å²) in [5.41, 5.74) is 3.51. The van der Waals surface area contributed by atoms with Crippen LogP contribution in [0.2, 0.25) is 0 Å². The number of pyridine rings is 2. The minimum atomic E-state index is 0.296. The fourth-order valence-electron chi connectivity index (χ4n) is 1.70. The molecule has 2 heterocycles. The zero-order valence-corrected chi connectivity index (χ0v) is 9.49. The minimum absolute atomic E-state index is 0.296. The number of fused-ring (bicyclic) bond motifs is 1. The van der Waals surface area contributed by atoms with Crippen molar-refractivity contribution >= 4 is 11.0 Å². The quantitative estimate of drug-likeness (QED) is 0.706. The summed E-state index contributed by atoms with van der Waals surface area (Å²) in [7, 11) is 0. The SMILES string of the molecule is CC(C)(C)Cc1cnc2cccnc2c1. The maximum atomic E-state index is 4.40. The first-order valence-corrected chi connectivity index (χ1v) is 5.24. The highest BCUT2D eigenvalue weighted by Crippen LogP contribution is 2.21.